The maximum absolute atomic E-state index is 13.1. The smallest absolute Gasteiger partial charge is 0.337 e. The molecule has 0 unspecified atom stereocenters. The summed E-state index contributed by atoms with van der Waals surface area (Å²) in [5.74, 6) is 1.42. The van der Waals surface area contributed by atoms with Crippen molar-refractivity contribution in [3.05, 3.63) is 51.5 Å². The van der Waals surface area contributed by atoms with Crippen molar-refractivity contribution in [1.29, 1.82) is 0 Å². The van der Waals surface area contributed by atoms with Crippen molar-refractivity contribution in [3.8, 4) is 0 Å². The fraction of sp³-hybridized carbons (Fsp3) is 0.520. The summed E-state index contributed by atoms with van der Waals surface area (Å²) in [6.07, 6.45) is 3.36. The minimum atomic E-state index is -4.33. The molecule has 5 rings (SSSR count). The molecule has 1 amide bonds. The SMILES string of the molecule is CC1CCC(CC(=O)N2CCc3c(n(Cc4csc(C(F)(F)F)c4)c4ncccc34)C2)CC1. The van der Waals surface area contributed by atoms with Gasteiger partial charge in [0.15, 0.2) is 0 Å². The second kappa shape index (κ2) is 8.78. The molecule has 0 spiro atoms. The predicted octanol–water partition coefficient (Wildman–Crippen LogP) is 6.27. The number of nitrogens with zero attached hydrogens (tertiary/aromatic N) is 3. The van der Waals surface area contributed by atoms with Crippen LogP contribution >= 0.6 is 11.3 Å². The Kier molecular flexibility index (Phi) is 5.97. The van der Waals surface area contributed by atoms with Gasteiger partial charge in [0.1, 0.15) is 10.5 Å². The van der Waals surface area contributed by atoms with Gasteiger partial charge < -0.3 is 9.47 Å². The quantitative estimate of drug-likeness (QED) is 0.446. The summed E-state index contributed by atoms with van der Waals surface area (Å²) in [5.41, 5.74) is 3.55. The van der Waals surface area contributed by atoms with Crippen molar-refractivity contribution in [2.24, 2.45) is 11.8 Å². The number of hydrogen-bond donors (Lipinski definition) is 0. The van der Waals surface area contributed by atoms with E-state index in [4.69, 9.17) is 0 Å². The molecule has 2 aliphatic rings. The first kappa shape index (κ1) is 22.4. The van der Waals surface area contributed by atoms with Crippen molar-refractivity contribution >= 4 is 28.3 Å². The number of aromatic nitrogens is 2. The summed E-state index contributed by atoms with van der Waals surface area (Å²) in [7, 11) is 0. The first-order chi connectivity index (χ1) is 15.8. The molecule has 3 aromatic rings. The third kappa shape index (κ3) is 4.54. The number of carbonyl (C=O) groups is 1. The number of pyridine rings is 1. The molecule has 0 bridgehead atoms. The van der Waals surface area contributed by atoms with Gasteiger partial charge in [-0.25, -0.2) is 4.98 Å². The van der Waals surface area contributed by atoms with Crippen molar-refractivity contribution in [3.63, 3.8) is 0 Å². The van der Waals surface area contributed by atoms with Gasteiger partial charge in [-0.1, -0.05) is 19.8 Å². The Hall–Kier alpha value is -2.35. The van der Waals surface area contributed by atoms with E-state index in [1.165, 1.54) is 24.5 Å². The predicted molar refractivity (Wildman–Crippen MR) is 123 cm³/mol. The molecule has 0 aromatic carbocycles. The summed E-state index contributed by atoms with van der Waals surface area (Å²) in [6.45, 7) is 3.77. The third-order valence-corrected chi connectivity index (χ3v) is 8.26. The normalized spacial score (nSPS) is 21.4. The summed E-state index contributed by atoms with van der Waals surface area (Å²) in [6, 6.07) is 5.13. The van der Waals surface area contributed by atoms with Gasteiger partial charge in [-0.05, 0) is 65.8 Å². The standard InChI is InChI=1S/C25H28F3N3OS/c1-16-4-6-17(7-5-16)12-23(32)30-10-8-19-20-3-2-9-29-24(20)31(21(19)14-30)13-18-11-22(33-15-18)25(26,27)28/h2-3,9,11,15-17H,4-8,10,12-14H2,1H3. The van der Waals surface area contributed by atoms with Gasteiger partial charge in [0.25, 0.3) is 0 Å². The number of rotatable bonds is 4. The van der Waals surface area contributed by atoms with E-state index in [1.54, 1.807) is 11.6 Å². The lowest BCUT2D eigenvalue weighted by Gasteiger charge is -2.31. The summed E-state index contributed by atoms with van der Waals surface area (Å²) < 4.78 is 41.3. The number of hydrogen-bond acceptors (Lipinski definition) is 3. The molecule has 8 heteroatoms. The Morgan fingerprint density at radius 3 is 2.76 bits per heavy atom. The summed E-state index contributed by atoms with van der Waals surface area (Å²) in [4.78, 5) is 19.0. The highest BCUT2D eigenvalue weighted by Gasteiger charge is 2.33. The molecule has 1 aliphatic carbocycles. The van der Waals surface area contributed by atoms with Crippen LogP contribution in [0.4, 0.5) is 13.2 Å². The van der Waals surface area contributed by atoms with E-state index in [1.807, 2.05) is 21.6 Å². The van der Waals surface area contributed by atoms with Crippen molar-refractivity contribution in [2.75, 3.05) is 6.54 Å². The molecule has 3 aromatic heterocycles. The zero-order valence-electron chi connectivity index (χ0n) is 18.7. The Labute approximate surface area is 195 Å². The zero-order chi connectivity index (χ0) is 23.2. The monoisotopic (exact) mass is 475 g/mol. The van der Waals surface area contributed by atoms with Crippen molar-refractivity contribution < 1.29 is 18.0 Å². The van der Waals surface area contributed by atoms with E-state index in [2.05, 4.69) is 11.9 Å². The molecule has 0 radical (unpaired) electrons. The van der Waals surface area contributed by atoms with Gasteiger partial charge in [0.05, 0.1) is 13.1 Å². The maximum Gasteiger partial charge on any atom is 0.425 e. The summed E-state index contributed by atoms with van der Waals surface area (Å²) in [5, 5.41) is 2.60. The van der Waals surface area contributed by atoms with Gasteiger partial charge in [-0.15, -0.1) is 11.3 Å². The van der Waals surface area contributed by atoms with E-state index in [9.17, 15) is 18.0 Å². The fourth-order valence-corrected chi connectivity index (χ4v) is 6.12. The van der Waals surface area contributed by atoms with Crippen LogP contribution in [-0.2, 0) is 30.5 Å². The Balaban J connectivity index is 1.40. The molecular formula is C25H28F3N3OS. The first-order valence-corrected chi connectivity index (χ1v) is 12.5. The van der Waals surface area contributed by atoms with Crippen LogP contribution in [-0.4, -0.2) is 26.9 Å². The van der Waals surface area contributed by atoms with Crippen LogP contribution in [0.25, 0.3) is 11.0 Å². The van der Waals surface area contributed by atoms with Gasteiger partial charge in [-0.3, -0.25) is 4.79 Å². The van der Waals surface area contributed by atoms with Crippen LogP contribution < -0.4 is 0 Å². The fourth-order valence-electron chi connectivity index (χ4n) is 5.34. The molecule has 4 heterocycles. The average molecular weight is 476 g/mol. The second-order valence-electron chi connectivity index (χ2n) is 9.60. The third-order valence-electron chi connectivity index (χ3n) is 7.24. The van der Waals surface area contributed by atoms with Gasteiger partial charge >= 0.3 is 6.18 Å². The topological polar surface area (TPSA) is 38.1 Å². The van der Waals surface area contributed by atoms with Crippen LogP contribution in [0.2, 0.25) is 0 Å². The molecule has 1 aliphatic heterocycles. The highest BCUT2D eigenvalue weighted by Crippen LogP contribution is 2.36. The largest absolute Gasteiger partial charge is 0.425 e. The van der Waals surface area contributed by atoms with Crippen LogP contribution in [0.15, 0.2) is 29.8 Å². The van der Waals surface area contributed by atoms with Crippen LogP contribution in [0.3, 0.4) is 0 Å². The summed E-state index contributed by atoms with van der Waals surface area (Å²) >= 11 is 0.723. The Morgan fingerprint density at radius 2 is 2.03 bits per heavy atom. The number of amides is 1. The molecule has 1 fully saturated rings. The van der Waals surface area contributed by atoms with Crippen molar-refractivity contribution in [1.82, 2.24) is 14.5 Å². The van der Waals surface area contributed by atoms with Gasteiger partial charge in [0, 0.05) is 30.2 Å². The minimum absolute atomic E-state index is 0.194. The molecule has 0 N–H and O–H groups in total. The molecule has 33 heavy (non-hydrogen) atoms. The first-order valence-electron chi connectivity index (χ1n) is 11.7. The minimum Gasteiger partial charge on any atom is -0.337 e. The number of thiophene rings is 1. The highest BCUT2D eigenvalue weighted by molar-refractivity contribution is 7.10. The van der Waals surface area contributed by atoms with E-state index in [0.717, 1.165) is 53.2 Å². The Morgan fingerprint density at radius 1 is 1.24 bits per heavy atom. The number of carbonyl (C=O) groups excluding carboxylic acids is 1. The van der Waals surface area contributed by atoms with Crippen LogP contribution in [0.1, 0.15) is 60.7 Å². The van der Waals surface area contributed by atoms with Crippen LogP contribution in [0.5, 0.6) is 0 Å². The van der Waals surface area contributed by atoms with E-state index < -0.39 is 11.1 Å². The van der Waals surface area contributed by atoms with Gasteiger partial charge in [0.2, 0.25) is 5.91 Å². The molecule has 0 saturated heterocycles. The maximum atomic E-state index is 13.1. The van der Waals surface area contributed by atoms with E-state index in [-0.39, 0.29) is 5.91 Å². The number of alkyl halides is 3. The number of fused-ring (bicyclic) bond motifs is 3. The van der Waals surface area contributed by atoms with Crippen molar-refractivity contribution in [2.45, 2.75) is 64.7 Å². The van der Waals surface area contributed by atoms with Crippen LogP contribution in [0, 0.1) is 11.8 Å². The lowest BCUT2D eigenvalue weighted by Crippen LogP contribution is -2.37. The molecule has 1 saturated carbocycles. The second-order valence-corrected chi connectivity index (χ2v) is 10.5. The Bertz CT molecular complexity index is 1160. The lowest BCUT2D eigenvalue weighted by molar-refractivity contribution is -0.134. The van der Waals surface area contributed by atoms with E-state index in [0.29, 0.717) is 37.5 Å². The lowest BCUT2D eigenvalue weighted by atomic mass is 9.81. The van der Waals surface area contributed by atoms with E-state index >= 15 is 0 Å². The highest BCUT2D eigenvalue weighted by atomic mass is 32.1. The molecule has 0 atom stereocenters. The average Bonchev–Trinajstić information content (AvgIpc) is 3.39. The molecular weight excluding hydrogens is 447 g/mol. The van der Waals surface area contributed by atoms with Gasteiger partial charge in [-0.2, -0.15) is 13.2 Å². The molecule has 176 valence electrons. The number of halogens is 3. The zero-order valence-corrected chi connectivity index (χ0v) is 19.5. The molecule has 4 nitrogen and oxygen atoms in total.